The molecule has 1 aliphatic heterocycles. The second kappa shape index (κ2) is 4.42. The van der Waals surface area contributed by atoms with Crippen molar-refractivity contribution < 1.29 is 0 Å². The van der Waals surface area contributed by atoms with Gasteiger partial charge in [0.05, 0.1) is 0 Å². The third kappa shape index (κ3) is 2.14. The van der Waals surface area contributed by atoms with Crippen LogP contribution in [0.15, 0.2) is 18.2 Å². The Balaban J connectivity index is 2.32. The molecule has 16 heavy (non-hydrogen) atoms. The van der Waals surface area contributed by atoms with Gasteiger partial charge in [-0.1, -0.05) is 23.8 Å². The van der Waals surface area contributed by atoms with Gasteiger partial charge in [0.15, 0.2) is 0 Å². The number of thioether (sulfide) groups is 1. The Morgan fingerprint density at radius 2 is 2.12 bits per heavy atom. The van der Waals surface area contributed by atoms with E-state index in [0.717, 1.165) is 0 Å². The first-order valence-electron chi connectivity index (χ1n) is 6.00. The van der Waals surface area contributed by atoms with Crippen LogP contribution in [-0.4, -0.2) is 10.5 Å². The standard InChI is InChI=1S/C14H21NS/c1-10-5-6-11(2)12(9-10)13(15)14(3)7-4-8-16-14/h5-6,9,13H,4,7-8,15H2,1-3H3. The second-order valence-corrected chi connectivity index (χ2v) is 6.73. The summed E-state index contributed by atoms with van der Waals surface area (Å²) in [4.78, 5) is 0. The summed E-state index contributed by atoms with van der Waals surface area (Å²) in [5, 5.41) is 0. The second-order valence-electron chi connectivity index (χ2n) is 5.10. The minimum Gasteiger partial charge on any atom is -0.323 e. The van der Waals surface area contributed by atoms with Crippen molar-refractivity contribution in [2.24, 2.45) is 5.73 Å². The molecule has 1 fully saturated rings. The first kappa shape index (κ1) is 12.0. The van der Waals surface area contributed by atoms with Crippen molar-refractivity contribution in [3.8, 4) is 0 Å². The summed E-state index contributed by atoms with van der Waals surface area (Å²) < 4.78 is 0.235. The van der Waals surface area contributed by atoms with E-state index >= 15 is 0 Å². The molecule has 0 bridgehead atoms. The van der Waals surface area contributed by atoms with Crippen molar-refractivity contribution in [1.82, 2.24) is 0 Å². The fourth-order valence-corrected chi connectivity index (χ4v) is 3.82. The highest BCUT2D eigenvalue weighted by molar-refractivity contribution is 8.00. The summed E-state index contributed by atoms with van der Waals surface area (Å²) in [6.45, 7) is 6.62. The zero-order valence-corrected chi connectivity index (χ0v) is 11.2. The molecule has 1 aromatic carbocycles. The maximum Gasteiger partial charge on any atom is 0.0444 e. The highest BCUT2D eigenvalue weighted by atomic mass is 32.2. The van der Waals surface area contributed by atoms with Gasteiger partial charge in [0, 0.05) is 10.8 Å². The predicted octanol–water partition coefficient (Wildman–Crippen LogP) is 3.59. The molecule has 88 valence electrons. The Morgan fingerprint density at radius 3 is 2.75 bits per heavy atom. The van der Waals surface area contributed by atoms with Crippen molar-refractivity contribution in [3.05, 3.63) is 34.9 Å². The smallest absolute Gasteiger partial charge is 0.0444 e. The van der Waals surface area contributed by atoms with Gasteiger partial charge in [-0.05, 0) is 50.5 Å². The van der Waals surface area contributed by atoms with E-state index < -0.39 is 0 Å². The Hall–Kier alpha value is -0.470. The third-order valence-electron chi connectivity index (χ3n) is 3.68. The molecule has 0 spiro atoms. The monoisotopic (exact) mass is 235 g/mol. The van der Waals surface area contributed by atoms with Crippen LogP contribution < -0.4 is 5.73 Å². The molecule has 2 N–H and O–H groups in total. The summed E-state index contributed by atoms with van der Waals surface area (Å²) in [5.41, 5.74) is 10.4. The summed E-state index contributed by atoms with van der Waals surface area (Å²) in [5.74, 6) is 1.26. The van der Waals surface area contributed by atoms with E-state index in [1.165, 1.54) is 35.3 Å². The number of aryl methyl sites for hydroxylation is 2. The molecule has 1 aromatic rings. The van der Waals surface area contributed by atoms with Crippen LogP contribution >= 0.6 is 11.8 Å². The van der Waals surface area contributed by atoms with E-state index in [1.54, 1.807) is 0 Å². The molecule has 0 aliphatic carbocycles. The van der Waals surface area contributed by atoms with Crippen LogP contribution in [-0.2, 0) is 0 Å². The molecule has 1 saturated heterocycles. The molecule has 1 aliphatic rings. The Kier molecular flexibility index (Phi) is 3.32. The highest BCUT2D eigenvalue weighted by Gasteiger charge is 2.37. The Morgan fingerprint density at radius 1 is 1.38 bits per heavy atom. The van der Waals surface area contributed by atoms with E-state index in [0.29, 0.717) is 0 Å². The van der Waals surface area contributed by atoms with Crippen LogP contribution in [0, 0.1) is 13.8 Å². The van der Waals surface area contributed by atoms with Gasteiger partial charge in [0.2, 0.25) is 0 Å². The van der Waals surface area contributed by atoms with Crippen LogP contribution in [0.2, 0.25) is 0 Å². The molecule has 2 heteroatoms. The average Bonchev–Trinajstić information content (AvgIpc) is 2.69. The molecular weight excluding hydrogens is 214 g/mol. The molecule has 1 nitrogen and oxygen atoms in total. The average molecular weight is 235 g/mol. The molecule has 0 amide bonds. The lowest BCUT2D eigenvalue weighted by Gasteiger charge is -2.31. The molecule has 0 radical (unpaired) electrons. The van der Waals surface area contributed by atoms with E-state index in [1.807, 2.05) is 11.8 Å². The van der Waals surface area contributed by atoms with Crippen molar-refractivity contribution >= 4 is 11.8 Å². The van der Waals surface area contributed by atoms with Crippen LogP contribution in [0.5, 0.6) is 0 Å². The number of hydrogen-bond acceptors (Lipinski definition) is 2. The van der Waals surface area contributed by atoms with E-state index in [-0.39, 0.29) is 10.8 Å². The third-order valence-corrected chi connectivity index (χ3v) is 5.29. The zero-order chi connectivity index (χ0) is 11.8. The normalized spacial score (nSPS) is 27.0. The van der Waals surface area contributed by atoms with Gasteiger partial charge < -0.3 is 5.73 Å². The van der Waals surface area contributed by atoms with Gasteiger partial charge in [-0.15, -0.1) is 0 Å². The molecule has 2 atom stereocenters. The number of rotatable bonds is 2. The Labute approximate surface area is 103 Å². The molecule has 0 aromatic heterocycles. The van der Waals surface area contributed by atoms with E-state index in [4.69, 9.17) is 5.73 Å². The van der Waals surface area contributed by atoms with Gasteiger partial charge in [0.25, 0.3) is 0 Å². The van der Waals surface area contributed by atoms with Crippen LogP contribution in [0.25, 0.3) is 0 Å². The fraction of sp³-hybridized carbons (Fsp3) is 0.571. The lowest BCUT2D eigenvalue weighted by Crippen LogP contribution is -2.33. The maximum atomic E-state index is 6.48. The van der Waals surface area contributed by atoms with Gasteiger partial charge in [-0.3, -0.25) is 0 Å². The highest BCUT2D eigenvalue weighted by Crippen LogP contribution is 2.46. The van der Waals surface area contributed by atoms with Crippen molar-refractivity contribution in [1.29, 1.82) is 0 Å². The fourth-order valence-electron chi connectivity index (χ4n) is 2.47. The minimum absolute atomic E-state index is 0.167. The summed E-state index contributed by atoms with van der Waals surface area (Å²) >= 11 is 2.04. The van der Waals surface area contributed by atoms with Gasteiger partial charge in [-0.2, -0.15) is 11.8 Å². The van der Waals surface area contributed by atoms with E-state index in [2.05, 4.69) is 39.0 Å². The largest absolute Gasteiger partial charge is 0.323 e. The molecule has 2 unspecified atom stereocenters. The van der Waals surface area contributed by atoms with Gasteiger partial charge in [0.1, 0.15) is 0 Å². The lowest BCUT2D eigenvalue weighted by molar-refractivity contribution is 0.500. The first-order chi connectivity index (χ1) is 7.53. The van der Waals surface area contributed by atoms with Crippen molar-refractivity contribution in [2.75, 3.05) is 5.75 Å². The van der Waals surface area contributed by atoms with Crippen molar-refractivity contribution in [2.45, 2.75) is 44.4 Å². The SMILES string of the molecule is Cc1ccc(C)c(C(N)C2(C)CCCS2)c1. The predicted molar refractivity (Wildman–Crippen MR) is 72.9 cm³/mol. The van der Waals surface area contributed by atoms with Crippen LogP contribution in [0.3, 0.4) is 0 Å². The number of nitrogens with two attached hydrogens (primary N) is 1. The van der Waals surface area contributed by atoms with Crippen LogP contribution in [0.1, 0.15) is 42.5 Å². The first-order valence-corrected chi connectivity index (χ1v) is 6.98. The molecular formula is C14H21NS. The van der Waals surface area contributed by atoms with E-state index in [9.17, 15) is 0 Å². The summed E-state index contributed by atoms with van der Waals surface area (Å²) in [6.07, 6.45) is 2.55. The quantitative estimate of drug-likeness (QED) is 0.847. The maximum absolute atomic E-state index is 6.48. The number of hydrogen-bond donors (Lipinski definition) is 1. The zero-order valence-electron chi connectivity index (χ0n) is 10.4. The molecule has 0 saturated carbocycles. The summed E-state index contributed by atoms with van der Waals surface area (Å²) in [7, 11) is 0. The Bertz CT molecular complexity index is 380. The number of benzene rings is 1. The minimum atomic E-state index is 0.167. The van der Waals surface area contributed by atoms with Crippen molar-refractivity contribution in [3.63, 3.8) is 0 Å². The van der Waals surface area contributed by atoms with Gasteiger partial charge in [-0.25, -0.2) is 0 Å². The summed E-state index contributed by atoms with van der Waals surface area (Å²) in [6, 6.07) is 6.77. The van der Waals surface area contributed by atoms with Crippen LogP contribution in [0.4, 0.5) is 0 Å². The van der Waals surface area contributed by atoms with Gasteiger partial charge >= 0.3 is 0 Å². The topological polar surface area (TPSA) is 26.0 Å². The lowest BCUT2D eigenvalue weighted by atomic mass is 9.88. The molecule has 2 rings (SSSR count). The molecule has 1 heterocycles.